The van der Waals surface area contributed by atoms with Crippen molar-refractivity contribution in [1.82, 2.24) is 25.7 Å². The Labute approximate surface area is 156 Å². The maximum atomic E-state index is 12.4. The molecule has 0 bridgehead atoms. The number of carbonyl (C=O) groups excluding carboxylic acids is 1. The first-order chi connectivity index (χ1) is 13.1. The Morgan fingerprint density at radius 3 is 2.63 bits per heavy atom. The van der Waals surface area contributed by atoms with Gasteiger partial charge in [0.05, 0.1) is 5.69 Å². The molecule has 2 aromatic heterocycles. The molecule has 8 heteroatoms. The predicted molar refractivity (Wildman–Crippen MR) is 100 cm³/mol. The van der Waals surface area contributed by atoms with Gasteiger partial charge in [-0.2, -0.15) is 10.1 Å². The highest BCUT2D eigenvalue weighted by molar-refractivity contribution is 5.89. The fourth-order valence-corrected chi connectivity index (χ4v) is 2.85. The molecule has 0 aliphatic heterocycles. The third kappa shape index (κ3) is 3.99. The summed E-state index contributed by atoms with van der Waals surface area (Å²) in [7, 11) is 0. The Balaban J connectivity index is 1.40. The summed E-state index contributed by atoms with van der Waals surface area (Å²) in [5.74, 6) is 1.73. The smallest absolute Gasteiger partial charge is 0.319 e. The van der Waals surface area contributed by atoms with Gasteiger partial charge >= 0.3 is 6.03 Å². The molecule has 3 aromatic rings. The quantitative estimate of drug-likeness (QED) is 0.614. The number of aromatic nitrogens is 4. The first kappa shape index (κ1) is 17.3. The number of hydrogen-bond acceptors (Lipinski definition) is 5. The van der Waals surface area contributed by atoms with E-state index in [9.17, 15) is 4.79 Å². The van der Waals surface area contributed by atoms with Crippen LogP contribution in [-0.2, 0) is 0 Å². The molecule has 1 fully saturated rings. The zero-order valence-electron chi connectivity index (χ0n) is 15.3. The van der Waals surface area contributed by atoms with Gasteiger partial charge in [0.1, 0.15) is 6.04 Å². The van der Waals surface area contributed by atoms with Crippen LogP contribution in [0.5, 0.6) is 0 Å². The van der Waals surface area contributed by atoms with Crippen LogP contribution >= 0.6 is 0 Å². The van der Waals surface area contributed by atoms with E-state index in [0.717, 1.165) is 29.9 Å². The summed E-state index contributed by atoms with van der Waals surface area (Å²) in [6, 6.07) is 8.77. The fraction of sp³-hybridized carbons (Fsp3) is 0.368. The molecule has 3 N–H and O–H groups in total. The van der Waals surface area contributed by atoms with E-state index < -0.39 is 0 Å². The molecule has 1 unspecified atom stereocenters. The minimum absolute atomic E-state index is 0.117. The molecule has 0 radical (unpaired) electrons. The normalized spacial score (nSPS) is 14.9. The Morgan fingerprint density at radius 1 is 1.22 bits per heavy atom. The van der Waals surface area contributed by atoms with Crippen molar-refractivity contribution in [3.63, 3.8) is 0 Å². The topological polar surface area (TPSA) is 109 Å². The van der Waals surface area contributed by atoms with Gasteiger partial charge in [-0.15, -0.1) is 0 Å². The largest absolute Gasteiger partial charge is 0.337 e. The van der Waals surface area contributed by atoms with Crippen LogP contribution in [0.4, 0.5) is 10.5 Å². The molecule has 2 amide bonds. The van der Waals surface area contributed by atoms with Crippen LogP contribution in [0.25, 0.3) is 11.3 Å². The van der Waals surface area contributed by atoms with Gasteiger partial charge in [-0.05, 0) is 42.5 Å². The predicted octanol–water partition coefficient (Wildman–Crippen LogP) is 3.86. The molecule has 1 aliphatic rings. The molecule has 1 aromatic carbocycles. The molecule has 140 valence electrons. The number of nitrogens with zero attached hydrogens (tertiary/aromatic N) is 3. The van der Waals surface area contributed by atoms with Gasteiger partial charge < -0.3 is 15.2 Å². The zero-order chi connectivity index (χ0) is 18.8. The second kappa shape index (κ2) is 7.22. The SMILES string of the molecule is CC(C)C(NC(=O)Nc1ccc(-c2ccn[nH]2)cc1)c1nc(C2CC2)no1. The van der Waals surface area contributed by atoms with E-state index in [1.54, 1.807) is 6.20 Å². The lowest BCUT2D eigenvalue weighted by Crippen LogP contribution is -2.35. The molecule has 1 aliphatic carbocycles. The molecule has 4 rings (SSSR count). The molecule has 1 atom stereocenters. The number of anilines is 1. The highest BCUT2D eigenvalue weighted by atomic mass is 16.5. The Bertz CT molecular complexity index is 897. The van der Waals surface area contributed by atoms with Crippen LogP contribution in [0.15, 0.2) is 41.1 Å². The monoisotopic (exact) mass is 366 g/mol. The van der Waals surface area contributed by atoms with Gasteiger partial charge in [0, 0.05) is 17.8 Å². The Hall–Kier alpha value is -3.16. The number of urea groups is 1. The number of H-pyrrole nitrogens is 1. The van der Waals surface area contributed by atoms with Crippen molar-refractivity contribution in [1.29, 1.82) is 0 Å². The lowest BCUT2D eigenvalue weighted by atomic mass is 10.0. The summed E-state index contributed by atoms with van der Waals surface area (Å²) in [6.45, 7) is 4.01. The summed E-state index contributed by atoms with van der Waals surface area (Å²) in [5, 5.41) is 16.7. The van der Waals surface area contributed by atoms with Crippen molar-refractivity contribution in [2.45, 2.75) is 38.6 Å². The van der Waals surface area contributed by atoms with Crippen LogP contribution in [0, 0.1) is 5.92 Å². The van der Waals surface area contributed by atoms with Gasteiger partial charge in [-0.3, -0.25) is 5.10 Å². The van der Waals surface area contributed by atoms with E-state index in [2.05, 4.69) is 31.0 Å². The number of aromatic amines is 1. The number of carbonyl (C=O) groups is 1. The summed E-state index contributed by atoms with van der Waals surface area (Å²) in [5.41, 5.74) is 2.62. The molecule has 27 heavy (non-hydrogen) atoms. The van der Waals surface area contributed by atoms with E-state index in [0.29, 0.717) is 17.5 Å². The van der Waals surface area contributed by atoms with E-state index in [1.807, 2.05) is 44.2 Å². The molecular formula is C19H22N6O2. The molecular weight excluding hydrogens is 344 g/mol. The van der Waals surface area contributed by atoms with Gasteiger partial charge in [0.2, 0.25) is 5.89 Å². The molecule has 2 heterocycles. The van der Waals surface area contributed by atoms with Gasteiger partial charge in [-0.1, -0.05) is 31.1 Å². The second-order valence-electron chi connectivity index (χ2n) is 7.13. The number of benzene rings is 1. The van der Waals surface area contributed by atoms with Crippen molar-refractivity contribution in [3.8, 4) is 11.3 Å². The van der Waals surface area contributed by atoms with E-state index in [-0.39, 0.29) is 18.0 Å². The molecule has 0 spiro atoms. The van der Waals surface area contributed by atoms with Crippen LogP contribution in [0.3, 0.4) is 0 Å². The fourth-order valence-electron chi connectivity index (χ4n) is 2.85. The van der Waals surface area contributed by atoms with Gasteiger partial charge in [0.15, 0.2) is 5.82 Å². The maximum Gasteiger partial charge on any atom is 0.319 e. The first-order valence-corrected chi connectivity index (χ1v) is 9.11. The van der Waals surface area contributed by atoms with Crippen molar-refractivity contribution < 1.29 is 9.32 Å². The van der Waals surface area contributed by atoms with E-state index in [4.69, 9.17) is 4.52 Å². The standard InChI is InChI=1S/C19H22N6O2/c1-11(2)16(18-23-17(25-27-18)13-3-4-13)22-19(26)21-14-7-5-12(6-8-14)15-9-10-20-24-15/h5-11,13,16H,3-4H2,1-2H3,(H,20,24)(H2,21,22,26). The van der Waals surface area contributed by atoms with Crippen LogP contribution in [0.1, 0.15) is 50.4 Å². The van der Waals surface area contributed by atoms with Crippen LogP contribution < -0.4 is 10.6 Å². The number of rotatable bonds is 6. The van der Waals surface area contributed by atoms with Crippen molar-refractivity contribution in [2.24, 2.45) is 5.92 Å². The minimum atomic E-state index is -0.339. The first-order valence-electron chi connectivity index (χ1n) is 9.11. The minimum Gasteiger partial charge on any atom is -0.337 e. The summed E-state index contributed by atoms with van der Waals surface area (Å²) in [4.78, 5) is 16.9. The van der Waals surface area contributed by atoms with Crippen molar-refractivity contribution in [3.05, 3.63) is 48.2 Å². The van der Waals surface area contributed by atoms with Crippen molar-refractivity contribution >= 4 is 11.7 Å². The Kier molecular flexibility index (Phi) is 4.62. The number of nitrogens with one attached hydrogen (secondary N) is 3. The average Bonchev–Trinajstić information content (AvgIpc) is 3.16. The maximum absolute atomic E-state index is 12.4. The number of amides is 2. The second-order valence-corrected chi connectivity index (χ2v) is 7.13. The lowest BCUT2D eigenvalue weighted by molar-refractivity contribution is 0.235. The summed E-state index contributed by atoms with van der Waals surface area (Å²) < 4.78 is 5.38. The molecule has 1 saturated carbocycles. The highest BCUT2D eigenvalue weighted by Gasteiger charge is 2.31. The van der Waals surface area contributed by atoms with Gasteiger partial charge in [-0.25, -0.2) is 4.79 Å². The van der Waals surface area contributed by atoms with Crippen LogP contribution in [-0.4, -0.2) is 26.4 Å². The van der Waals surface area contributed by atoms with Crippen molar-refractivity contribution in [2.75, 3.05) is 5.32 Å². The van der Waals surface area contributed by atoms with E-state index in [1.165, 1.54) is 0 Å². The van der Waals surface area contributed by atoms with E-state index >= 15 is 0 Å². The summed E-state index contributed by atoms with van der Waals surface area (Å²) >= 11 is 0. The third-order valence-corrected chi connectivity index (χ3v) is 4.57. The lowest BCUT2D eigenvalue weighted by Gasteiger charge is -2.19. The summed E-state index contributed by atoms with van der Waals surface area (Å²) in [6.07, 6.45) is 3.91. The average molecular weight is 366 g/mol. The van der Waals surface area contributed by atoms with Crippen LogP contribution in [0.2, 0.25) is 0 Å². The van der Waals surface area contributed by atoms with Gasteiger partial charge in [0.25, 0.3) is 0 Å². The molecule has 0 saturated heterocycles. The molecule has 8 nitrogen and oxygen atoms in total. The number of hydrogen-bond donors (Lipinski definition) is 3. The Morgan fingerprint density at radius 2 is 2.00 bits per heavy atom. The zero-order valence-corrected chi connectivity index (χ0v) is 15.3. The highest BCUT2D eigenvalue weighted by Crippen LogP contribution is 2.38. The third-order valence-electron chi connectivity index (χ3n) is 4.57.